The number of benzene rings is 3. The Kier molecular flexibility index (Phi) is 5.51. The molecule has 0 unspecified atom stereocenters. The first kappa shape index (κ1) is 20.8. The summed E-state index contributed by atoms with van der Waals surface area (Å²) in [4.78, 5) is 3.38. The number of aromatic nitrogens is 1. The van der Waals surface area contributed by atoms with E-state index in [1.807, 2.05) is 6.92 Å². The molecule has 0 fully saturated rings. The zero-order valence-corrected chi connectivity index (χ0v) is 18.2. The summed E-state index contributed by atoms with van der Waals surface area (Å²) in [6.07, 6.45) is 1.48. The number of rotatable bonds is 5. The number of nitrogens with two attached hydrogens (primary N) is 1. The quantitative estimate of drug-likeness (QED) is 0.375. The van der Waals surface area contributed by atoms with Crippen LogP contribution >= 0.6 is 23.2 Å². The minimum atomic E-state index is -3.70. The molecule has 0 saturated carbocycles. The second kappa shape index (κ2) is 7.96. The molecule has 5 nitrogen and oxygen atoms in total. The van der Waals surface area contributed by atoms with E-state index >= 15 is 0 Å². The highest BCUT2D eigenvalue weighted by atomic mass is 35.5. The van der Waals surface area contributed by atoms with Gasteiger partial charge in [-0.25, -0.2) is 8.42 Å². The van der Waals surface area contributed by atoms with Crippen molar-refractivity contribution in [1.29, 1.82) is 0 Å². The Hall–Kier alpha value is -2.51. The van der Waals surface area contributed by atoms with Crippen molar-refractivity contribution in [3.63, 3.8) is 0 Å². The molecule has 4 rings (SSSR count). The van der Waals surface area contributed by atoms with E-state index in [4.69, 9.17) is 33.7 Å². The van der Waals surface area contributed by atoms with Gasteiger partial charge < -0.3 is 15.5 Å². The van der Waals surface area contributed by atoms with Crippen LogP contribution in [0.1, 0.15) is 18.5 Å². The first-order valence-corrected chi connectivity index (χ1v) is 11.3. The van der Waals surface area contributed by atoms with E-state index in [9.17, 15) is 8.42 Å². The van der Waals surface area contributed by atoms with Crippen LogP contribution in [0.2, 0.25) is 10.0 Å². The number of sulfone groups is 1. The number of hydrogen-bond donors (Lipinski definition) is 2. The first-order valence-electron chi connectivity index (χ1n) is 9.11. The third kappa shape index (κ3) is 3.79. The van der Waals surface area contributed by atoms with E-state index in [-0.39, 0.29) is 21.6 Å². The molecular formula is C22H18Cl2N2O3S. The molecular weight excluding hydrogens is 443 g/mol. The highest BCUT2D eigenvalue weighted by Gasteiger charge is 2.22. The average Bonchev–Trinajstić information content (AvgIpc) is 3.15. The predicted octanol–water partition coefficient (Wildman–Crippen LogP) is 6.12. The third-order valence-corrected chi connectivity index (χ3v) is 7.10. The summed E-state index contributed by atoms with van der Waals surface area (Å²) in [7, 11) is -3.70. The summed E-state index contributed by atoms with van der Waals surface area (Å²) in [6, 6.07) is 16.5. The number of aromatic amines is 1. The van der Waals surface area contributed by atoms with Gasteiger partial charge in [0.25, 0.3) is 0 Å². The van der Waals surface area contributed by atoms with Crippen molar-refractivity contribution in [3.8, 4) is 11.5 Å². The standard InChI is InChI=1S/C22H18Cl2N2O3S/c1-13(25)14-9-18(23)22(19(24)10-14)29-15-7-8-20-17(11-15)21(12-26-20)30(27,28)16-5-3-2-4-6-16/h2-13,26H,25H2,1H3/t13-/m1/s1. The molecule has 0 spiro atoms. The van der Waals surface area contributed by atoms with E-state index in [2.05, 4.69) is 4.98 Å². The number of H-pyrrole nitrogens is 1. The fraction of sp³-hybridized carbons (Fsp3) is 0.0909. The summed E-state index contributed by atoms with van der Waals surface area (Å²) in [5.74, 6) is 0.689. The number of hydrogen-bond acceptors (Lipinski definition) is 4. The molecule has 0 aliphatic carbocycles. The van der Waals surface area contributed by atoms with Crippen molar-refractivity contribution in [3.05, 3.63) is 82.5 Å². The highest BCUT2D eigenvalue weighted by molar-refractivity contribution is 7.91. The van der Waals surface area contributed by atoms with Gasteiger partial charge in [-0.3, -0.25) is 0 Å². The molecule has 3 aromatic carbocycles. The van der Waals surface area contributed by atoms with E-state index in [0.717, 1.165) is 5.56 Å². The van der Waals surface area contributed by atoms with Gasteiger partial charge in [0.2, 0.25) is 9.84 Å². The minimum Gasteiger partial charge on any atom is -0.454 e. The SMILES string of the molecule is C[C@@H](N)c1cc(Cl)c(Oc2ccc3[nH]cc(S(=O)(=O)c4ccccc4)c3c2)c(Cl)c1. The van der Waals surface area contributed by atoms with Gasteiger partial charge in [-0.15, -0.1) is 0 Å². The highest BCUT2D eigenvalue weighted by Crippen LogP contribution is 2.39. The van der Waals surface area contributed by atoms with E-state index in [1.165, 1.54) is 6.20 Å². The second-order valence-electron chi connectivity index (χ2n) is 6.88. The number of fused-ring (bicyclic) bond motifs is 1. The van der Waals surface area contributed by atoms with E-state index in [0.29, 0.717) is 26.7 Å². The van der Waals surface area contributed by atoms with Crippen molar-refractivity contribution in [2.45, 2.75) is 22.8 Å². The summed E-state index contributed by atoms with van der Waals surface area (Å²) < 4.78 is 32.1. The maximum atomic E-state index is 13.1. The molecule has 4 aromatic rings. The lowest BCUT2D eigenvalue weighted by Crippen LogP contribution is -2.05. The van der Waals surface area contributed by atoms with Crippen molar-refractivity contribution in [2.75, 3.05) is 0 Å². The predicted molar refractivity (Wildman–Crippen MR) is 119 cm³/mol. The van der Waals surface area contributed by atoms with Crippen molar-refractivity contribution >= 4 is 43.9 Å². The lowest BCUT2D eigenvalue weighted by atomic mass is 10.1. The monoisotopic (exact) mass is 460 g/mol. The Morgan fingerprint density at radius 1 is 1.00 bits per heavy atom. The summed E-state index contributed by atoms with van der Waals surface area (Å²) >= 11 is 12.7. The number of halogens is 2. The molecule has 0 bridgehead atoms. The van der Waals surface area contributed by atoms with Gasteiger partial charge in [-0.1, -0.05) is 41.4 Å². The van der Waals surface area contributed by atoms with Gasteiger partial charge >= 0.3 is 0 Å². The Balaban J connectivity index is 1.76. The first-order chi connectivity index (χ1) is 14.3. The lowest BCUT2D eigenvalue weighted by molar-refractivity contribution is 0.483. The van der Waals surface area contributed by atoms with Crippen LogP contribution in [-0.4, -0.2) is 13.4 Å². The van der Waals surface area contributed by atoms with Gasteiger partial charge in [0.1, 0.15) is 5.75 Å². The van der Waals surface area contributed by atoms with Gasteiger partial charge in [-0.2, -0.15) is 0 Å². The van der Waals surface area contributed by atoms with E-state index in [1.54, 1.807) is 60.7 Å². The largest absolute Gasteiger partial charge is 0.454 e. The lowest BCUT2D eigenvalue weighted by Gasteiger charge is -2.13. The number of ether oxygens (including phenoxy) is 1. The summed E-state index contributed by atoms with van der Waals surface area (Å²) in [6.45, 7) is 1.83. The molecule has 1 atom stereocenters. The van der Waals surface area contributed by atoms with Gasteiger partial charge in [0.15, 0.2) is 5.75 Å². The van der Waals surface area contributed by atoms with Gasteiger partial charge in [0.05, 0.1) is 19.8 Å². The van der Waals surface area contributed by atoms with Crippen LogP contribution in [0.25, 0.3) is 10.9 Å². The Bertz CT molecular complexity index is 1310. The van der Waals surface area contributed by atoms with Crippen molar-refractivity contribution in [1.82, 2.24) is 4.98 Å². The molecule has 8 heteroatoms. The van der Waals surface area contributed by atoms with Crippen molar-refractivity contribution < 1.29 is 13.2 Å². The number of nitrogens with one attached hydrogen (secondary N) is 1. The smallest absolute Gasteiger partial charge is 0.208 e. The minimum absolute atomic E-state index is 0.165. The molecule has 1 aromatic heterocycles. The van der Waals surface area contributed by atoms with E-state index < -0.39 is 9.84 Å². The van der Waals surface area contributed by atoms with Crippen LogP contribution in [0.3, 0.4) is 0 Å². The molecule has 0 radical (unpaired) electrons. The van der Waals surface area contributed by atoms with Gasteiger partial charge in [0, 0.05) is 23.1 Å². The molecule has 0 aliphatic heterocycles. The van der Waals surface area contributed by atoms with Crippen LogP contribution in [0, 0.1) is 0 Å². The van der Waals surface area contributed by atoms with Crippen LogP contribution in [0.4, 0.5) is 0 Å². The zero-order chi connectivity index (χ0) is 21.5. The summed E-state index contributed by atoms with van der Waals surface area (Å²) in [5.41, 5.74) is 7.35. The summed E-state index contributed by atoms with van der Waals surface area (Å²) in [5, 5.41) is 1.15. The second-order valence-corrected chi connectivity index (χ2v) is 9.61. The van der Waals surface area contributed by atoms with Crippen molar-refractivity contribution in [2.24, 2.45) is 5.73 Å². The maximum absolute atomic E-state index is 13.1. The van der Waals surface area contributed by atoms with Gasteiger partial charge in [-0.05, 0) is 55.0 Å². The molecule has 30 heavy (non-hydrogen) atoms. The molecule has 1 heterocycles. The Morgan fingerprint density at radius 3 is 2.30 bits per heavy atom. The van der Waals surface area contributed by atoms with Crippen LogP contribution in [0.15, 0.2) is 76.7 Å². The molecule has 0 aliphatic rings. The maximum Gasteiger partial charge on any atom is 0.208 e. The topological polar surface area (TPSA) is 85.2 Å². The zero-order valence-electron chi connectivity index (χ0n) is 15.9. The van der Waals surface area contributed by atoms with Crippen LogP contribution < -0.4 is 10.5 Å². The molecule has 3 N–H and O–H groups in total. The average molecular weight is 461 g/mol. The Morgan fingerprint density at radius 2 is 1.67 bits per heavy atom. The van der Waals surface area contributed by atoms with Crippen LogP contribution in [-0.2, 0) is 9.84 Å². The molecule has 0 saturated heterocycles. The molecule has 0 amide bonds. The Labute approximate surface area is 184 Å². The molecule has 154 valence electrons. The third-order valence-electron chi connectivity index (χ3n) is 4.72. The fourth-order valence-corrected chi connectivity index (χ4v) is 5.17. The normalized spacial score (nSPS) is 12.8. The van der Waals surface area contributed by atoms with Crippen LogP contribution in [0.5, 0.6) is 11.5 Å². The fourth-order valence-electron chi connectivity index (χ4n) is 3.14.